The van der Waals surface area contributed by atoms with Crippen LogP contribution in [0.5, 0.6) is 0 Å². The molecule has 1 saturated heterocycles. The largest absolute Gasteiger partial charge is 0.465 e. The Morgan fingerprint density at radius 2 is 2.00 bits per heavy atom. The Kier molecular flexibility index (Phi) is 5.30. The quantitative estimate of drug-likeness (QED) is 0.572. The minimum Gasteiger partial charge on any atom is -0.465 e. The highest BCUT2D eigenvalue weighted by atomic mass is 32.1. The van der Waals surface area contributed by atoms with Gasteiger partial charge in [-0.3, -0.25) is 4.79 Å². The highest BCUT2D eigenvalue weighted by molar-refractivity contribution is 7.15. The van der Waals surface area contributed by atoms with E-state index in [1.165, 1.54) is 4.88 Å². The number of pyridine rings is 1. The molecule has 5 rings (SSSR count). The molecule has 0 bridgehead atoms. The van der Waals surface area contributed by atoms with Gasteiger partial charge in [0.25, 0.3) is 5.91 Å². The van der Waals surface area contributed by atoms with Gasteiger partial charge in [0.2, 0.25) is 0 Å². The molecule has 31 heavy (non-hydrogen) atoms. The van der Waals surface area contributed by atoms with Crippen LogP contribution >= 0.6 is 11.3 Å². The lowest BCUT2D eigenvalue weighted by atomic mass is 9.94. The number of hydrogen-bond donors (Lipinski definition) is 1. The summed E-state index contributed by atoms with van der Waals surface area (Å²) in [5, 5.41) is 4.18. The van der Waals surface area contributed by atoms with Gasteiger partial charge < -0.3 is 14.6 Å². The van der Waals surface area contributed by atoms with Gasteiger partial charge in [-0.2, -0.15) is 0 Å². The summed E-state index contributed by atoms with van der Waals surface area (Å²) in [6.07, 6.45) is 6.06. The molecule has 0 spiro atoms. The molecular weight excluding hydrogens is 408 g/mol. The van der Waals surface area contributed by atoms with Gasteiger partial charge in [0.15, 0.2) is 5.13 Å². The first-order chi connectivity index (χ1) is 15.0. The first-order valence-electron chi connectivity index (χ1n) is 11.1. The number of amides is 1. The Labute approximate surface area is 186 Å². The molecule has 3 aromatic rings. The number of thiazole rings is 1. The van der Waals surface area contributed by atoms with Crippen LogP contribution in [-0.4, -0.2) is 27.3 Å². The highest BCUT2D eigenvalue weighted by Gasteiger charge is 2.35. The summed E-state index contributed by atoms with van der Waals surface area (Å²) in [6.45, 7) is 6.77. The molecule has 0 aromatic carbocycles. The van der Waals surface area contributed by atoms with E-state index in [1.807, 2.05) is 36.9 Å². The molecular formula is C24H28N4O2S. The standard InChI is InChI=1S/C24H28N4O2S/c1-14-16(3)31-24(25-14)27-21-12-6-9-18(26-21)19-10-7-13-28(19)23(29)22-15(2)30-20-11-5-4-8-17(20)22/h6,9,12,19H,4-5,7-8,10-11,13H2,1-3H3,(H,25,26,27)/t19-/m0/s1. The summed E-state index contributed by atoms with van der Waals surface area (Å²) in [5.74, 6) is 2.64. The molecule has 7 heteroatoms. The summed E-state index contributed by atoms with van der Waals surface area (Å²) in [5.41, 5.74) is 3.90. The fourth-order valence-corrected chi connectivity index (χ4v) is 5.61. The van der Waals surface area contributed by atoms with Gasteiger partial charge in [-0.1, -0.05) is 6.07 Å². The number of carbonyl (C=O) groups excluding carboxylic acids is 1. The van der Waals surface area contributed by atoms with E-state index in [0.29, 0.717) is 0 Å². The smallest absolute Gasteiger partial charge is 0.258 e. The Morgan fingerprint density at radius 3 is 2.81 bits per heavy atom. The van der Waals surface area contributed by atoms with Gasteiger partial charge in [-0.05, 0) is 65.0 Å². The summed E-state index contributed by atoms with van der Waals surface area (Å²) in [7, 11) is 0. The predicted octanol–water partition coefficient (Wildman–Crippen LogP) is 5.66. The van der Waals surface area contributed by atoms with Crippen molar-refractivity contribution in [2.45, 2.75) is 65.3 Å². The lowest BCUT2D eigenvalue weighted by Crippen LogP contribution is -2.32. The lowest BCUT2D eigenvalue weighted by Gasteiger charge is -2.25. The summed E-state index contributed by atoms with van der Waals surface area (Å²) in [4.78, 5) is 26.2. The predicted molar refractivity (Wildman–Crippen MR) is 122 cm³/mol. The van der Waals surface area contributed by atoms with E-state index in [4.69, 9.17) is 9.40 Å². The minimum absolute atomic E-state index is 0.0115. The van der Waals surface area contributed by atoms with Crippen LogP contribution < -0.4 is 5.32 Å². The van der Waals surface area contributed by atoms with Crippen LogP contribution in [-0.2, 0) is 12.8 Å². The van der Waals surface area contributed by atoms with Crippen molar-refractivity contribution in [3.8, 4) is 0 Å². The Morgan fingerprint density at radius 1 is 1.16 bits per heavy atom. The first-order valence-corrected chi connectivity index (χ1v) is 11.9. The molecule has 1 aliphatic carbocycles. The zero-order chi connectivity index (χ0) is 21.5. The van der Waals surface area contributed by atoms with E-state index in [0.717, 1.165) is 90.1 Å². The SMILES string of the molecule is Cc1nc(Nc2cccc([C@@H]3CCCN3C(=O)c3c(C)oc4c3CCCC4)n2)sc1C. The molecule has 162 valence electrons. The fraction of sp³-hybridized carbons (Fsp3) is 0.458. The second-order valence-corrected chi connectivity index (χ2v) is 9.74. The van der Waals surface area contributed by atoms with Crippen molar-refractivity contribution in [3.05, 3.63) is 57.1 Å². The van der Waals surface area contributed by atoms with Gasteiger partial charge in [-0.15, -0.1) is 11.3 Å². The Balaban J connectivity index is 1.41. The maximum atomic E-state index is 13.6. The molecule has 1 fully saturated rings. The van der Waals surface area contributed by atoms with Crippen molar-refractivity contribution in [2.24, 2.45) is 0 Å². The zero-order valence-corrected chi connectivity index (χ0v) is 19.1. The summed E-state index contributed by atoms with van der Waals surface area (Å²) < 4.78 is 5.98. The third-order valence-corrected chi connectivity index (χ3v) is 7.44. The van der Waals surface area contributed by atoms with Crippen molar-refractivity contribution in [1.82, 2.24) is 14.9 Å². The van der Waals surface area contributed by atoms with Crippen LogP contribution in [0.15, 0.2) is 22.6 Å². The van der Waals surface area contributed by atoms with Crippen molar-refractivity contribution >= 4 is 28.2 Å². The second kappa shape index (κ2) is 8.11. The van der Waals surface area contributed by atoms with Gasteiger partial charge in [0, 0.05) is 23.4 Å². The van der Waals surface area contributed by atoms with Crippen LogP contribution in [0.3, 0.4) is 0 Å². The monoisotopic (exact) mass is 436 g/mol. The van der Waals surface area contributed by atoms with Crippen LogP contribution in [0, 0.1) is 20.8 Å². The van der Waals surface area contributed by atoms with E-state index in [1.54, 1.807) is 11.3 Å². The molecule has 2 aliphatic rings. The van der Waals surface area contributed by atoms with Crippen LogP contribution in [0.1, 0.15) is 75.4 Å². The number of likely N-dealkylation sites (tertiary alicyclic amines) is 1. The summed E-state index contributed by atoms with van der Waals surface area (Å²) in [6, 6.07) is 5.97. The summed E-state index contributed by atoms with van der Waals surface area (Å²) >= 11 is 1.63. The molecule has 4 heterocycles. The molecule has 3 aromatic heterocycles. The van der Waals surface area contributed by atoms with E-state index in [-0.39, 0.29) is 11.9 Å². The molecule has 0 unspecified atom stereocenters. The number of anilines is 2. The van der Waals surface area contributed by atoms with Crippen LogP contribution in [0.25, 0.3) is 0 Å². The normalized spacial score (nSPS) is 18.3. The van der Waals surface area contributed by atoms with Crippen LogP contribution in [0.4, 0.5) is 10.9 Å². The second-order valence-electron chi connectivity index (χ2n) is 8.53. The number of nitrogens with one attached hydrogen (secondary N) is 1. The van der Waals surface area contributed by atoms with Crippen LogP contribution in [0.2, 0.25) is 0 Å². The average Bonchev–Trinajstić information content (AvgIpc) is 3.45. The van der Waals surface area contributed by atoms with Gasteiger partial charge in [0.05, 0.1) is 23.0 Å². The van der Waals surface area contributed by atoms with E-state index in [9.17, 15) is 4.79 Å². The number of nitrogens with zero attached hydrogens (tertiary/aromatic N) is 3. The number of aryl methyl sites for hydroxylation is 4. The number of fused-ring (bicyclic) bond motifs is 1. The minimum atomic E-state index is -0.0115. The molecule has 1 aliphatic heterocycles. The third-order valence-electron chi connectivity index (χ3n) is 6.45. The maximum Gasteiger partial charge on any atom is 0.258 e. The molecule has 1 amide bonds. The zero-order valence-electron chi connectivity index (χ0n) is 18.3. The first kappa shape index (κ1) is 20.2. The van der Waals surface area contributed by atoms with E-state index in [2.05, 4.69) is 17.2 Å². The molecule has 1 atom stereocenters. The lowest BCUT2D eigenvalue weighted by molar-refractivity contribution is 0.0730. The number of hydrogen-bond acceptors (Lipinski definition) is 6. The molecule has 0 saturated carbocycles. The van der Waals surface area contributed by atoms with Gasteiger partial charge in [0.1, 0.15) is 17.3 Å². The van der Waals surface area contributed by atoms with Crippen molar-refractivity contribution in [2.75, 3.05) is 11.9 Å². The van der Waals surface area contributed by atoms with Gasteiger partial charge >= 0.3 is 0 Å². The number of furan rings is 1. The van der Waals surface area contributed by atoms with Crippen molar-refractivity contribution < 1.29 is 9.21 Å². The van der Waals surface area contributed by atoms with Gasteiger partial charge in [-0.25, -0.2) is 9.97 Å². The molecule has 6 nitrogen and oxygen atoms in total. The molecule has 0 radical (unpaired) electrons. The number of aromatic nitrogens is 2. The van der Waals surface area contributed by atoms with Crippen molar-refractivity contribution in [3.63, 3.8) is 0 Å². The average molecular weight is 437 g/mol. The molecule has 1 N–H and O–H groups in total. The van der Waals surface area contributed by atoms with Crippen molar-refractivity contribution in [1.29, 1.82) is 0 Å². The Bertz CT molecular complexity index is 1110. The van der Waals surface area contributed by atoms with E-state index >= 15 is 0 Å². The fourth-order valence-electron chi connectivity index (χ4n) is 4.79. The third kappa shape index (κ3) is 3.76. The maximum absolute atomic E-state index is 13.6. The van der Waals surface area contributed by atoms with E-state index < -0.39 is 0 Å². The topological polar surface area (TPSA) is 71.3 Å². The highest BCUT2D eigenvalue weighted by Crippen LogP contribution is 2.37. The number of rotatable bonds is 4. The Hall–Kier alpha value is -2.67. The number of carbonyl (C=O) groups is 1.